The number of carbonyl (C=O) groups excluding carboxylic acids is 3. The molecule has 0 unspecified atom stereocenters. The molecule has 9 heteroatoms. The molecule has 0 aliphatic carbocycles. The van der Waals surface area contributed by atoms with E-state index in [1.165, 1.54) is 25.3 Å². The molecule has 1 fully saturated rings. The van der Waals surface area contributed by atoms with Crippen molar-refractivity contribution in [1.29, 1.82) is 0 Å². The Kier molecular flexibility index (Phi) is 5.97. The average Bonchev–Trinajstić information content (AvgIpc) is 2.68. The van der Waals surface area contributed by atoms with E-state index in [9.17, 15) is 18.8 Å². The Hall–Kier alpha value is -3.20. The summed E-state index contributed by atoms with van der Waals surface area (Å²) in [6.07, 6.45) is 1.34. The number of imide groups is 2. The van der Waals surface area contributed by atoms with Gasteiger partial charge in [0.25, 0.3) is 11.8 Å². The third-order valence-corrected chi connectivity index (χ3v) is 4.76. The van der Waals surface area contributed by atoms with Gasteiger partial charge in [-0.2, -0.15) is 0 Å². The van der Waals surface area contributed by atoms with Crippen molar-refractivity contribution in [2.75, 3.05) is 18.6 Å². The first-order valence-corrected chi connectivity index (χ1v) is 9.32. The lowest BCUT2D eigenvalue weighted by Crippen LogP contribution is -2.54. The highest BCUT2D eigenvalue weighted by Gasteiger charge is 2.37. The van der Waals surface area contributed by atoms with Crippen molar-refractivity contribution in [2.24, 2.45) is 0 Å². The van der Waals surface area contributed by atoms with Crippen molar-refractivity contribution in [2.45, 2.75) is 6.92 Å². The predicted octanol–water partition coefficient (Wildman–Crippen LogP) is 3.66. The molecule has 0 bridgehead atoms. The number of rotatable bonds is 5. The number of ether oxygens (including phenoxy) is 2. The van der Waals surface area contributed by atoms with Crippen LogP contribution in [0.3, 0.4) is 0 Å². The number of carbonyl (C=O) groups is 3. The van der Waals surface area contributed by atoms with Gasteiger partial charge in [0, 0.05) is 4.47 Å². The molecule has 0 radical (unpaired) electrons. The van der Waals surface area contributed by atoms with Gasteiger partial charge in [-0.15, -0.1) is 0 Å². The van der Waals surface area contributed by atoms with Crippen LogP contribution in [0.25, 0.3) is 6.08 Å². The van der Waals surface area contributed by atoms with Crippen molar-refractivity contribution < 1.29 is 28.2 Å². The van der Waals surface area contributed by atoms with Gasteiger partial charge in [0.05, 0.1) is 19.4 Å². The highest BCUT2D eigenvalue weighted by atomic mass is 79.9. The number of amides is 4. The predicted molar refractivity (Wildman–Crippen MR) is 107 cm³/mol. The van der Waals surface area contributed by atoms with Crippen LogP contribution >= 0.6 is 15.9 Å². The van der Waals surface area contributed by atoms with E-state index in [1.54, 1.807) is 12.1 Å². The smallest absolute Gasteiger partial charge is 0.335 e. The second-order valence-electron chi connectivity index (χ2n) is 5.89. The summed E-state index contributed by atoms with van der Waals surface area (Å²) in [5, 5.41) is 2.12. The Labute approximate surface area is 174 Å². The summed E-state index contributed by atoms with van der Waals surface area (Å²) < 4.78 is 24.5. The van der Waals surface area contributed by atoms with Gasteiger partial charge in [-0.05, 0) is 55.0 Å². The number of hydrogen-bond donors (Lipinski definition) is 1. The maximum Gasteiger partial charge on any atom is 0.335 e. The van der Waals surface area contributed by atoms with Crippen LogP contribution in [-0.4, -0.2) is 31.6 Å². The Morgan fingerprint density at radius 1 is 1.14 bits per heavy atom. The lowest BCUT2D eigenvalue weighted by molar-refractivity contribution is -0.122. The molecule has 1 heterocycles. The molecule has 3 rings (SSSR count). The van der Waals surface area contributed by atoms with Gasteiger partial charge in [0.2, 0.25) is 0 Å². The first-order chi connectivity index (χ1) is 13.8. The molecular formula is C20H16BrFN2O5. The van der Waals surface area contributed by atoms with Gasteiger partial charge in [0.15, 0.2) is 11.5 Å². The maximum atomic E-state index is 13.2. The summed E-state index contributed by atoms with van der Waals surface area (Å²) in [6.45, 7) is 2.26. The zero-order valence-corrected chi connectivity index (χ0v) is 17.1. The van der Waals surface area contributed by atoms with Crippen LogP contribution in [-0.2, 0) is 9.59 Å². The Morgan fingerprint density at radius 2 is 1.83 bits per heavy atom. The van der Waals surface area contributed by atoms with Gasteiger partial charge < -0.3 is 9.47 Å². The molecule has 2 aromatic carbocycles. The van der Waals surface area contributed by atoms with Crippen LogP contribution in [0.4, 0.5) is 14.9 Å². The van der Waals surface area contributed by atoms with Crippen molar-refractivity contribution >= 4 is 45.5 Å². The fourth-order valence-corrected chi connectivity index (χ4v) is 3.16. The highest BCUT2D eigenvalue weighted by Crippen LogP contribution is 2.35. The zero-order valence-electron chi connectivity index (χ0n) is 15.5. The van der Waals surface area contributed by atoms with E-state index in [4.69, 9.17) is 9.47 Å². The van der Waals surface area contributed by atoms with E-state index in [0.717, 1.165) is 17.0 Å². The SMILES string of the molecule is CCOc1cc(Br)c(/C=C2\C(=O)NC(=O)N(c3ccc(F)cc3)C2=O)cc1OC. The quantitative estimate of drug-likeness (QED) is 0.541. The van der Waals surface area contributed by atoms with E-state index in [1.807, 2.05) is 6.92 Å². The molecule has 0 spiro atoms. The molecule has 4 amide bonds. The van der Waals surface area contributed by atoms with Crippen molar-refractivity contribution in [3.8, 4) is 11.5 Å². The van der Waals surface area contributed by atoms with Crippen LogP contribution in [0.1, 0.15) is 12.5 Å². The summed E-state index contributed by atoms with van der Waals surface area (Å²) in [6, 6.07) is 7.12. The third-order valence-electron chi connectivity index (χ3n) is 4.07. The molecule has 150 valence electrons. The Bertz CT molecular complexity index is 1020. The minimum atomic E-state index is -0.910. The van der Waals surface area contributed by atoms with E-state index >= 15 is 0 Å². The van der Waals surface area contributed by atoms with Gasteiger partial charge >= 0.3 is 6.03 Å². The van der Waals surface area contributed by atoms with Gasteiger partial charge in [-0.1, -0.05) is 15.9 Å². The van der Waals surface area contributed by atoms with E-state index in [2.05, 4.69) is 21.2 Å². The number of benzene rings is 2. The summed E-state index contributed by atoms with van der Waals surface area (Å²) in [5.41, 5.74) is 0.341. The Morgan fingerprint density at radius 3 is 2.45 bits per heavy atom. The Balaban J connectivity index is 2.03. The summed E-state index contributed by atoms with van der Waals surface area (Å²) in [4.78, 5) is 38.1. The van der Waals surface area contributed by atoms with Crippen LogP contribution in [0.2, 0.25) is 0 Å². The molecule has 1 aliphatic rings. The van der Waals surface area contributed by atoms with Crippen LogP contribution in [0, 0.1) is 5.82 Å². The normalized spacial score (nSPS) is 15.5. The average molecular weight is 463 g/mol. The number of methoxy groups -OCH3 is 1. The highest BCUT2D eigenvalue weighted by molar-refractivity contribution is 9.10. The lowest BCUT2D eigenvalue weighted by atomic mass is 10.1. The van der Waals surface area contributed by atoms with E-state index in [0.29, 0.717) is 28.1 Å². The molecule has 1 saturated heterocycles. The summed E-state index contributed by atoms with van der Waals surface area (Å²) in [5.74, 6) is -1.28. The van der Waals surface area contributed by atoms with Gasteiger partial charge in [-0.3, -0.25) is 14.9 Å². The minimum absolute atomic E-state index is 0.135. The lowest BCUT2D eigenvalue weighted by Gasteiger charge is -2.26. The first kappa shape index (κ1) is 20.5. The fourth-order valence-electron chi connectivity index (χ4n) is 2.73. The number of barbiturate groups is 1. The molecule has 1 N–H and O–H groups in total. The van der Waals surface area contributed by atoms with Crippen LogP contribution < -0.4 is 19.7 Å². The zero-order chi connectivity index (χ0) is 21.1. The molecule has 2 aromatic rings. The van der Waals surface area contributed by atoms with Crippen LogP contribution in [0.5, 0.6) is 11.5 Å². The molecule has 0 atom stereocenters. The third kappa shape index (κ3) is 4.14. The molecule has 0 saturated carbocycles. The number of hydrogen-bond acceptors (Lipinski definition) is 5. The molecule has 7 nitrogen and oxygen atoms in total. The number of halogens is 2. The standard InChI is InChI=1S/C20H16BrFN2O5/c1-3-29-17-10-15(21)11(9-16(17)28-2)8-14-18(25)23-20(27)24(19(14)26)13-6-4-12(22)5-7-13/h4-10H,3H2,1-2H3,(H,23,25,27)/b14-8+. The van der Waals surface area contributed by atoms with E-state index in [-0.39, 0.29) is 11.3 Å². The van der Waals surface area contributed by atoms with Crippen molar-refractivity contribution in [3.63, 3.8) is 0 Å². The second kappa shape index (κ2) is 8.44. The molecular weight excluding hydrogens is 447 g/mol. The van der Waals surface area contributed by atoms with Crippen molar-refractivity contribution in [3.05, 3.63) is 57.8 Å². The molecule has 29 heavy (non-hydrogen) atoms. The molecule has 0 aromatic heterocycles. The number of anilines is 1. The molecule has 1 aliphatic heterocycles. The largest absolute Gasteiger partial charge is 0.493 e. The topological polar surface area (TPSA) is 84.9 Å². The first-order valence-electron chi connectivity index (χ1n) is 8.53. The number of urea groups is 1. The summed E-state index contributed by atoms with van der Waals surface area (Å²) in [7, 11) is 1.47. The number of nitrogens with one attached hydrogen (secondary N) is 1. The maximum absolute atomic E-state index is 13.2. The van der Waals surface area contributed by atoms with Crippen molar-refractivity contribution in [1.82, 2.24) is 5.32 Å². The van der Waals surface area contributed by atoms with Gasteiger partial charge in [-0.25, -0.2) is 14.1 Å². The monoisotopic (exact) mass is 462 g/mol. The van der Waals surface area contributed by atoms with E-state index < -0.39 is 23.7 Å². The fraction of sp³-hybridized carbons (Fsp3) is 0.150. The summed E-state index contributed by atoms with van der Waals surface area (Å²) >= 11 is 3.38. The number of nitrogens with zero attached hydrogens (tertiary/aromatic N) is 1. The van der Waals surface area contributed by atoms with Gasteiger partial charge in [0.1, 0.15) is 11.4 Å². The second-order valence-corrected chi connectivity index (χ2v) is 6.75. The van der Waals surface area contributed by atoms with Crippen LogP contribution in [0.15, 0.2) is 46.4 Å². The minimum Gasteiger partial charge on any atom is -0.493 e.